The predicted octanol–water partition coefficient (Wildman–Crippen LogP) is 3.57. The van der Waals surface area contributed by atoms with Crippen LogP contribution in [0.1, 0.15) is 37.7 Å². The van der Waals surface area contributed by atoms with E-state index in [9.17, 15) is 4.79 Å². The number of carbonyl (C=O) groups is 1. The molecule has 2 amide bonds. The molecule has 0 fully saturated rings. The Morgan fingerprint density at radius 2 is 2.00 bits per heavy atom. The standard InChI is InChI=1S/C19H28N2O3/c1-15-8-9-17(18(14-15)23-2)24-13-12-21-19(22)20-11-10-16-6-4-3-5-7-16/h6,8-9,14H,3-5,7,10-13H2,1-2H3,(H2,20,21,22). The van der Waals surface area contributed by atoms with Gasteiger partial charge in [0.15, 0.2) is 11.5 Å². The first kappa shape index (κ1) is 18.2. The molecule has 0 heterocycles. The van der Waals surface area contributed by atoms with Crippen molar-refractivity contribution in [3.8, 4) is 11.5 Å². The number of benzene rings is 1. The van der Waals surface area contributed by atoms with Crippen molar-refractivity contribution in [2.75, 3.05) is 26.8 Å². The molecule has 0 bridgehead atoms. The minimum Gasteiger partial charge on any atom is -0.493 e. The van der Waals surface area contributed by atoms with Crippen LogP contribution < -0.4 is 20.1 Å². The van der Waals surface area contributed by atoms with E-state index < -0.39 is 0 Å². The van der Waals surface area contributed by atoms with Crippen LogP contribution in [0.2, 0.25) is 0 Å². The number of hydrogen-bond acceptors (Lipinski definition) is 3. The Balaban J connectivity index is 1.60. The van der Waals surface area contributed by atoms with Crippen LogP contribution in [0.3, 0.4) is 0 Å². The normalized spacial score (nSPS) is 13.8. The molecule has 0 aliphatic heterocycles. The summed E-state index contributed by atoms with van der Waals surface area (Å²) >= 11 is 0. The Hall–Kier alpha value is -2.17. The Morgan fingerprint density at radius 1 is 1.17 bits per heavy atom. The van der Waals surface area contributed by atoms with E-state index >= 15 is 0 Å². The third-order valence-corrected chi connectivity index (χ3v) is 4.08. The molecular weight excluding hydrogens is 304 g/mol. The number of ether oxygens (including phenoxy) is 2. The van der Waals surface area contributed by atoms with Gasteiger partial charge in [-0.15, -0.1) is 0 Å². The Labute approximate surface area is 144 Å². The zero-order valence-corrected chi connectivity index (χ0v) is 14.7. The van der Waals surface area contributed by atoms with Crippen molar-refractivity contribution < 1.29 is 14.3 Å². The molecule has 0 aromatic heterocycles. The van der Waals surface area contributed by atoms with E-state index in [-0.39, 0.29) is 6.03 Å². The maximum atomic E-state index is 11.7. The highest BCUT2D eigenvalue weighted by Crippen LogP contribution is 2.27. The second-order valence-electron chi connectivity index (χ2n) is 6.04. The van der Waals surface area contributed by atoms with Crippen LogP contribution in [-0.2, 0) is 0 Å². The fourth-order valence-corrected chi connectivity index (χ4v) is 2.75. The van der Waals surface area contributed by atoms with Gasteiger partial charge < -0.3 is 20.1 Å². The number of carbonyl (C=O) groups excluding carboxylic acids is 1. The fraction of sp³-hybridized carbons (Fsp3) is 0.526. The molecule has 2 N–H and O–H groups in total. The van der Waals surface area contributed by atoms with Crippen molar-refractivity contribution in [3.63, 3.8) is 0 Å². The molecule has 1 aromatic rings. The molecule has 132 valence electrons. The Morgan fingerprint density at radius 3 is 2.75 bits per heavy atom. The maximum absolute atomic E-state index is 11.7. The van der Waals surface area contributed by atoms with Gasteiger partial charge in [-0.1, -0.05) is 17.7 Å². The first-order chi connectivity index (χ1) is 11.7. The molecular formula is C19H28N2O3. The number of rotatable bonds is 8. The largest absolute Gasteiger partial charge is 0.493 e. The number of nitrogens with one attached hydrogen (secondary N) is 2. The molecule has 1 aromatic carbocycles. The van der Waals surface area contributed by atoms with Crippen LogP contribution in [-0.4, -0.2) is 32.8 Å². The smallest absolute Gasteiger partial charge is 0.314 e. The van der Waals surface area contributed by atoms with Gasteiger partial charge in [-0.25, -0.2) is 4.79 Å². The van der Waals surface area contributed by atoms with Crippen molar-refractivity contribution in [2.45, 2.75) is 39.0 Å². The Kier molecular flexibility index (Phi) is 7.46. The highest BCUT2D eigenvalue weighted by molar-refractivity contribution is 5.73. The molecule has 2 rings (SSSR count). The summed E-state index contributed by atoms with van der Waals surface area (Å²) in [5, 5.41) is 5.69. The second kappa shape index (κ2) is 9.85. The van der Waals surface area contributed by atoms with E-state index in [1.165, 1.54) is 31.3 Å². The average molecular weight is 332 g/mol. The van der Waals surface area contributed by atoms with Crippen molar-refractivity contribution in [1.29, 1.82) is 0 Å². The molecule has 0 saturated heterocycles. The molecule has 0 radical (unpaired) electrons. The summed E-state index contributed by atoms with van der Waals surface area (Å²) in [7, 11) is 1.62. The van der Waals surface area contributed by atoms with E-state index in [1.54, 1.807) is 7.11 Å². The molecule has 0 saturated carbocycles. The predicted molar refractivity (Wildman–Crippen MR) is 95.8 cm³/mol. The van der Waals surface area contributed by atoms with Crippen LogP contribution in [0.25, 0.3) is 0 Å². The van der Waals surface area contributed by atoms with E-state index in [4.69, 9.17) is 9.47 Å². The lowest BCUT2D eigenvalue weighted by Gasteiger charge is -2.14. The molecule has 5 heteroatoms. The molecule has 1 aliphatic carbocycles. The number of allylic oxidation sites excluding steroid dienone is 1. The maximum Gasteiger partial charge on any atom is 0.314 e. The van der Waals surface area contributed by atoms with Crippen LogP contribution >= 0.6 is 0 Å². The monoisotopic (exact) mass is 332 g/mol. The minimum absolute atomic E-state index is 0.147. The van der Waals surface area contributed by atoms with Crippen LogP contribution in [0.5, 0.6) is 11.5 Å². The number of hydrogen-bond donors (Lipinski definition) is 2. The lowest BCUT2D eigenvalue weighted by molar-refractivity contribution is 0.235. The lowest BCUT2D eigenvalue weighted by atomic mass is 9.97. The second-order valence-corrected chi connectivity index (χ2v) is 6.04. The highest BCUT2D eigenvalue weighted by atomic mass is 16.5. The van der Waals surface area contributed by atoms with Gasteiger partial charge in [0.25, 0.3) is 0 Å². The summed E-state index contributed by atoms with van der Waals surface area (Å²) in [5.74, 6) is 1.40. The van der Waals surface area contributed by atoms with Gasteiger partial charge >= 0.3 is 6.03 Å². The summed E-state index contributed by atoms with van der Waals surface area (Å²) in [5.41, 5.74) is 2.58. The third-order valence-electron chi connectivity index (χ3n) is 4.08. The topological polar surface area (TPSA) is 59.6 Å². The number of amides is 2. The summed E-state index contributed by atoms with van der Waals surface area (Å²) in [4.78, 5) is 11.7. The molecule has 1 aliphatic rings. The van der Waals surface area contributed by atoms with Gasteiger partial charge in [0.05, 0.1) is 13.7 Å². The van der Waals surface area contributed by atoms with Gasteiger partial charge in [0.2, 0.25) is 0 Å². The zero-order chi connectivity index (χ0) is 17.2. The minimum atomic E-state index is -0.147. The lowest BCUT2D eigenvalue weighted by Crippen LogP contribution is -2.38. The fourth-order valence-electron chi connectivity index (χ4n) is 2.75. The summed E-state index contributed by atoms with van der Waals surface area (Å²) in [6.07, 6.45) is 8.19. The van der Waals surface area contributed by atoms with Crippen molar-refractivity contribution in [1.82, 2.24) is 10.6 Å². The van der Waals surface area contributed by atoms with Gasteiger partial charge in [0.1, 0.15) is 6.61 Å². The van der Waals surface area contributed by atoms with Crippen molar-refractivity contribution >= 4 is 6.03 Å². The summed E-state index contributed by atoms with van der Waals surface area (Å²) < 4.78 is 10.9. The molecule has 0 unspecified atom stereocenters. The quantitative estimate of drug-likeness (QED) is 0.565. The van der Waals surface area contributed by atoms with Gasteiger partial charge in [-0.2, -0.15) is 0 Å². The van der Waals surface area contributed by atoms with E-state index in [2.05, 4.69) is 16.7 Å². The summed E-state index contributed by atoms with van der Waals surface area (Å²) in [6, 6.07) is 5.63. The molecule has 24 heavy (non-hydrogen) atoms. The van der Waals surface area contributed by atoms with Crippen LogP contribution in [0, 0.1) is 6.92 Å². The SMILES string of the molecule is COc1cc(C)ccc1OCCNC(=O)NCCC1=CCCCC1. The van der Waals surface area contributed by atoms with Gasteiger partial charge in [-0.05, 0) is 56.7 Å². The van der Waals surface area contributed by atoms with Crippen LogP contribution in [0.4, 0.5) is 4.79 Å². The number of aryl methyl sites for hydroxylation is 1. The molecule has 0 spiro atoms. The van der Waals surface area contributed by atoms with Crippen molar-refractivity contribution in [3.05, 3.63) is 35.4 Å². The number of methoxy groups -OCH3 is 1. The van der Waals surface area contributed by atoms with Crippen molar-refractivity contribution in [2.24, 2.45) is 0 Å². The highest BCUT2D eigenvalue weighted by Gasteiger charge is 2.06. The van der Waals surface area contributed by atoms with E-state index in [1.807, 2.05) is 25.1 Å². The number of urea groups is 1. The molecule has 0 atom stereocenters. The zero-order valence-electron chi connectivity index (χ0n) is 14.7. The summed E-state index contributed by atoms with van der Waals surface area (Å²) in [6.45, 7) is 3.54. The Bertz CT molecular complexity index is 570. The third kappa shape index (κ3) is 6.14. The average Bonchev–Trinajstić information content (AvgIpc) is 2.60. The van der Waals surface area contributed by atoms with Gasteiger partial charge in [-0.3, -0.25) is 0 Å². The van der Waals surface area contributed by atoms with E-state index in [0.29, 0.717) is 31.2 Å². The van der Waals surface area contributed by atoms with Gasteiger partial charge in [0, 0.05) is 6.54 Å². The van der Waals surface area contributed by atoms with E-state index in [0.717, 1.165) is 12.0 Å². The first-order valence-electron chi connectivity index (χ1n) is 8.66. The molecule has 5 nitrogen and oxygen atoms in total. The van der Waals surface area contributed by atoms with Crippen LogP contribution in [0.15, 0.2) is 29.8 Å². The first-order valence-corrected chi connectivity index (χ1v) is 8.66.